The average molecular weight is 478 g/mol. The van der Waals surface area contributed by atoms with Crippen molar-refractivity contribution in [3.8, 4) is 5.75 Å². The molecule has 8 nitrogen and oxygen atoms in total. The zero-order valence-corrected chi connectivity index (χ0v) is 20.6. The number of nitrogens with one attached hydrogen (secondary N) is 1. The summed E-state index contributed by atoms with van der Waals surface area (Å²) in [4.78, 5) is 25.0. The van der Waals surface area contributed by atoms with Gasteiger partial charge in [-0.05, 0) is 71.4 Å². The van der Waals surface area contributed by atoms with Crippen molar-refractivity contribution in [2.24, 2.45) is 0 Å². The van der Waals surface area contributed by atoms with Crippen LogP contribution in [0, 0.1) is 0 Å². The molecule has 1 N–H and O–H groups in total. The van der Waals surface area contributed by atoms with E-state index in [9.17, 15) is 18.0 Å². The number of hydrogen-bond donors (Lipinski definition) is 1. The molecule has 180 valence electrons. The molecule has 0 heterocycles. The lowest BCUT2D eigenvalue weighted by Crippen LogP contribution is -2.47. The lowest BCUT2D eigenvalue weighted by Gasteiger charge is -2.26. The molecular weight excluding hydrogens is 446 g/mol. The number of carbonyl (C=O) groups excluding carboxylic acids is 2. The summed E-state index contributed by atoms with van der Waals surface area (Å²) in [7, 11) is -3.96. The third-order valence-electron chi connectivity index (χ3n) is 3.98. The van der Waals surface area contributed by atoms with Gasteiger partial charge in [0.2, 0.25) is 0 Å². The van der Waals surface area contributed by atoms with E-state index in [1.165, 1.54) is 24.3 Å². The molecule has 2 aromatic carbocycles. The standard InChI is InChI=1S/C24H31NO7S/c1-23(2,3)30-21(26)20(25-22(27)31-24(4,5)6)16-17-12-14-18(15-13-17)32-33(28,29)19-10-8-7-9-11-19/h7-15,20H,16H2,1-6H3,(H,25,27). The highest BCUT2D eigenvalue weighted by atomic mass is 32.2. The average Bonchev–Trinajstić information content (AvgIpc) is 2.66. The fraction of sp³-hybridized carbons (Fsp3) is 0.417. The first-order valence-corrected chi connectivity index (χ1v) is 11.9. The van der Waals surface area contributed by atoms with E-state index >= 15 is 0 Å². The van der Waals surface area contributed by atoms with E-state index in [2.05, 4.69) is 5.32 Å². The summed E-state index contributed by atoms with van der Waals surface area (Å²) in [5, 5.41) is 2.56. The number of amides is 1. The third kappa shape index (κ3) is 9.13. The normalized spacial score (nSPS) is 13.0. The van der Waals surface area contributed by atoms with Crippen LogP contribution in [-0.2, 0) is 30.8 Å². The van der Waals surface area contributed by atoms with Gasteiger partial charge in [-0.2, -0.15) is 8.42 Å². The van der Waals surface area contributed by atoms with Gasteiger partial charge in [0.15, 0.2) is 0 Å². The highest BCUT2D eigenvalue weighted by molar-refractivity contribution is 7.87. The molecule has 1 amide bonds. The first-order chi connectivity index (χ1) is 15.1. The predicted molar refractivity (Wildman–Crippen MR) is 123 cm³/mol. The zero-order valence-electron chi connectivity index (χ0n) is 19.7. The number of rotatable bonds is 7. The highest BCUT2D eigenvalue weighted by Gasteiger charge is 2.29. The Bertz CT molecular complexity index is 1050. The quantitative estimate of drug-likeness (QED) is 0.469. The van der Waals surface area contributed by atoms with Crippen LogP contribution in [0.15, 0.2) is 59.5 Å². The van der Waals surface area contributed by atoms with Crippen molar-refractivity contribution in [3.05, 3.63) is 60.2 Å². The molecule has 1 unspecified atom stereocenters. The van der Waals surface area contributed by atoms with Crippen molar-refractivity contribution in [1.82, 2.24) is 5.32 Å². The monoisotopic (exact) mass is 477 g/mol. The van der Waals surface area contributed by atoms with Crippen LogP contribution in [0.5, 0.6) is 5.75 Å². The van der Waals surface area contributed by atoms with E-state index < -0.39 is 39.4 Å². The molecule has 0 aliphatic rings. The van der Waals surface area contributed by atoms with Crippen molar-refractivity contribution in [1.29, 1.82) is 0 Å². The first kappa shape index (κ1) is 26.2. The molecule has 0 aromatic heterocycles. The van der Waals surface area contributed by atoms with Crippen LogP contribution >= 0.6 is 0 Å². The molecule has 2 aromatic rings. The molecular formula is C24H31NO7S. The fourth-order valence-electron chi connectivity index (χ4n) is 2.69. The molecule has 9 heteroatoms. The topological polar surface area (TPSA) is 108 Å². The Morgan fingerprint density at radius 1 is 0.848 bits per heavy atom. The summed E-state index contributed by atoms with van der Waals surface area (Å²) in [5.74, 6) is -0.489. The second-order valence-corrected chi connectivity index (χ2v) is 11.0. The van der Waals surface area contributed by atoms with E-state index in [0.29, 0.717) is 5.56 Å². The van der Waals surface area contributed by atoms with Gasteiger partial charge in [0.1, 0.15) is 27.9 Å². The molecule has 0 spiro atoms. The SMILES string of the molecule is CC(C)(C)OC(=O)NC(Cc1ccc(OS(=O)(=O)c2ccccc2)cc1)C(=O)OC(C)(C)C. The minimum atomic E-state index is -3.96. The van der Waals surface area contributed by atoms with Crippen LogP contribution in [0.4, 0.5) is 4.79 Å². The lowest BCUT2D eigenvalue weighted by atomic mass is 10.1. The van der Waals surface area contributed by atoms with Gasteiger partial charge in [-0.15, -0.1) is 0 Å². The highest BCUT2D eigenvalue weighted by Crippen LogP contribution is 2.20. The Labute approximate surface area is 195 Å². The third-order valence-corrected chi connectivity index (χ3v) is 5.24. The van der Waals surface area contributed by atoms with Crippen LogP contribution in [0.1, 0.15) is 47.1 Å². The van der Waals surface area contributed by atoms with Crippen LogP contribution in [0.2, 0.25) is 0 Å². The number of hydrogen-bond acceptors (Lipinski definition) is 7. The zero-order chi connectivity index (χ0) is 24.9. The molecule has 33 heavy (non-hydrogen) atoms. The summed E-state index contributed by atoms with van der Waals surface area (Å²) in [6.07, 6.45) is -0.632. The summed E-state index contributed by atoms with van der Waals surface area (Å²) >= 11 is 0. The van der Waals surface area contributed by atoms with Gasteiger partial charge < -0.3 is 19.0 Å². The van der Waals surface area contributed by atoms with E-state index in [4.69, 9.17) is 13.7 Å². The Morgan fingerprint density at radius 3 is 1.91 bits per heavy atom. The second-order valence-electron chi connectivity index (χ2n) is 9.43. The van der Waals surface area contributed by atoms with Gasteiger partial charge in [0.25, 0.3) is 0 Å². The first-order valence-electron chi connectivity index (χ1n) is 10.5. The van der Waals surface area contributed by atoms with Crippen LogP contribution in [0.3, 0.4) is 0 Å². The molecule has 0 saturated heterocycles. The number of esters is 1. The Balaban J connectivity index is 2.15. The number of benzene rings is 2. The molecule has 2 rings (SSSR count). The largest absolute Gasteiger partial charge is 0.458 e. The maximum Gasteiger partial charge on any atom is 0.408 e. The Hall–Kier alpha value is -3.07. The van der Waals surface area contributed by atoms with Crippen molar-refractivity contribution in [2.45, 2.75) is 70.1 Å². The molecule has 0 aliphatic heterocycles. The Kier molecular flexibility index (Phi) is 8.13. The van der Waals surface area contributed by atoms with Crippen molar-refractivity contribution < 1.29 is 31.7 Å². The summed E-state index contributed by atoms with van der Waals surface area (Å²) in [6.45, 7) is 10.4. The minimum Gasteiger partial charge on any atom is -0.458 e. The lowest BCUT2D eigenvalue weighted by molar-refractivity contribution is -0.157. The second kappa shape index (κ2) is 10.2. The van der Waals surface area contributed by atoms with Gasteiger partial charge in [-0.3, -0.25) is 0 Å². The molecule has 0 bridgehead atoms. The van der Waals surface area contributed by atoms with E-state index in [-0.39, 0.29) is 17.1 Å². The van der Waals surface area contributed by atoms with Gasteiger partial charge in [0, 0.05) is 6.42 Å². The Morgan fingerprint density at radius 2 is 1.39 bits per heavy atom. The molecule has 0 saturated carbocycles. The van der Waals surface area contributed by atoms with E-state index in [1.54, 1.807) is 71.9 Å². The number of carbonyl (C=O) groups is 2. The van der Waals surface area contributed by atoms with Crippen molar-refractivity contribution in [2.75, 3.05) is 0 Å². The summed E-state index contributed by atoms with van der Waals surface area (Å²) in [5.41, 5.74) is -0.813. The molecule has 0 aliphatic carbocycles. The van der Waals surface area contributed by atoms with Gasteiger partial charge >= 0.3 is 22.2 Å². The van der Waals surface area contributed by atoms with Gasteiger partial charge in [0.05, 0.1) is 0 Å². The summed E-state index contributed by atoms with van der Waals surface area (Å²) < 4.78 is 40.6. The van der Waals surface area contributed by atoms with E-state index in [1.807, 2.05) is 0 Å². The fourth-order valence-corrected chi connectivity index (χ4v) is 3.65. The maximum absolute atomic E-state index is 12.7. The van der Waals surface area contributed by atoms with Crippen LogP contribution < -0.4 is 9.50 Å². The predicted octanol–water partition coefficient (Wildman–Crippen LogP) is 4.23. The van der Waals surface area contributed by atoms with Crippen molar-refractivity contribution in [3.63, 3.8) is 0 Å². The minimum absolute atomic E-state index is 0.0422. The number of alkyl carbamates (subject to hydrolysis) is 1. The smallest absolute Gasteiger partial charge is 0.408 e. The van der Waals surface area contributed by atoms with E-state index in [0.717, 1.165) is 0 Å². The van der Waals surface area contributed by atoms with Crippen LogP contribution in [-0.4, -0.2) is 37.7 Å². The molecule has 1 atom stereocenters. The van der Waals surface area contributed by atoms with Gasteiger partial charge in [-0.25, -0.2) is 9.59 Å². The van der Waals surface area contributed by atoms with Gasteiger partial charge in [-0.1, -0.05) is 30.3 Å². The van der Waals surface area contributed by atoms with Crippen molar-refractivity contribution >= 4 is 22.2 Å². The summed E-state index contributed by atoms with van der Waals surface area (Å²) in [6, 6.07) is 13.0. The molecule has 0 radical (unpaired) electrons. The number of ether oxygens (including phenoxy) is 2. The van der Waals surface area contributed by atoms with Crippen LogP contribution in [0.25, 0.3) is 0 Å². The molecule has 0 fully saturated rings. The maximum atomic E-state index is 12.7.